The number of unbranched alkanes of at least 4 members (excludes halogenated alkanes) is 1. The number of nitrogens with one attached hydrogen (secondary N) is 1. The van der Waals surface area contributed by atoms with Crippen molar-refractivity contribution in [2.75, 3.05) is 5.32 Å². The highest BCUT2D eigenvalue weighted by Gasteiger charge is 2.11. The lowest BCUT2D eigenvalue weighted by Crippen LogP contribution is -2.10. The van der Waals surface area contributed by atoms with E-state index in [2.05, 4.69) is 31.1 Å². The molecule has 0 bridgehead atoms. The van der Waals surface area contributed by atoms with Crippen LogP contribution in [0.5, 0.6) is 0 Å². The summed E-state index contributed by atoms with van der Waals surface area (Å²) in [6.45, 7) is 6.20. The van der Waals surface area contributed by atoms with E-state index in [-0.39, 0.29) is 5.91 Å². The van der Waals surface area contributed by atoms with Crippen molar-refractivity contribution >= 4 is 22.7 Å². The van der Waals surface area contributed by atoms with Gasteiger partial charge in [-0.2, -0.15) is 0 Å². The van der Waals surface area contributed by atoms with Crippen LogP contribution in [0.25, 0.3) is 22.6 Å². The molecule has 1 heterocycles. The number of anilines is 1. The van der Waals surface area contributed by atoms with Crippen LogP contribution in [0.3, 0.4) is 0 Å². The summed E-state index contributed by atoms with van der Waals surface area (Å²) in [5, 5.41) is 2.93. The lowest BCUT2D eigenvalue weighted by molar-refractivity contribution is -0.116. The maximum absolute atomic E-state index is 11.9. The van der Waals surface area contributed by atoms with Crippen LogP contribution in [0.4, 0.5) is 5.69 Å². The number of fused-ring (bicyclic) bond motifs is 1. The standard InChI is InChI=1S/C20H22N2O2/c1-4-5-9-19(23)21-16-8-6-7-15(12-16)20-22-17-10-13(2)14(3)11-18(17)24-20/h6-8,10-12H,4-5,9H2,1-3H3,(H,21,23). The number of hydrogen-bond donors (Lipinski definition) is 1. The second-order valence-corrected chi connectivity index (χ2v) is 6.16. The van der Waals surface area contributed by atoms with E-state index >= 15 is 0 Å². The summed E-state index contributed by atoms with van der Waals surface area (Å²) in [7, 11) is 0. The molecule has 1 N–H and O–H groups in total. The van der Waals surface area contributed by atoms with Crippen molar-refractivity contribution in [1.82, 2.24) is 4.98 Å². The van der Waals surface area contributed by atoms with Gasteiger partial charge in [0.2, 0.25) is 11.8 Å². The number of nitrogens with zero attached hydrogens (tertiary/aromatic N) is 1. The van der Waals surface area contributed by atoms with E-state index in [0.29, 0.717) is 12.3 Å². The molecule has 0 unspecified atom stereocenters. The quantitative estimate of drug-likeness (QED) is 0.699. The van der Waals surface area contributed by atoms with Gasteiger partial charge in [-0.25, -0.2) is 4.98 Å². The number of aromatic nitrogens is 1. The molecule has 0 fully saturated rings. The van der Waals surface area contributed by atoms with Crippen molar-refractivity contribution in [1.29, 1.82) is 0 Å². The molecule has 4 heteroatoms. The maximum Gasteiger partial charge on any atom is 0.227 e. The Morgan fingerprint density at radius 1 is 1.17 bits per heavy atom. The van der Waals surface area contributed by atoms with Gasteiger partial charge in [-0.1, -0.05) is 19.4 Å². The van der Waals surface area contributed by atoms with Crippen molar-refractivity contribution in [3.63, 3.8) is 0 Å². The van der Waals surface area contributed by atoms with Crippen LogP contribution >= 0.6 is 0 Å². The molecule has 0 saturated heterocycles. The SMILES string of the molecule is CCCCC(=O)Nc1cccc(-c2nc3cc(C)c(C)cc3o2)c1. The molecule has 24 heavy (non-hydrogen) atoms. The first-order valence-corrected chi connectivity index (χ1v) is 8.35. The third kappa shape index (κ3) is 3.48. The van der Waals surface area contributed by atoms with Gasteiger partial charge in [-0.3, -0.25) is 4.79 Å². The van der Waals surface area contributed by atoms with Crippen LogP contribution in [0.15, 0.2) is 40.8 Å². The average Bonchev–Trinajstić information content (AvgIpc) is 2.96. The van der Waals surface area contributed by atoms with Crippen LogP contribution in [0.2, 0.25) is 0 Å². The van der Waals surface area contributed by atoms with E-state index in [0.717, 1.165) is 35.2 Å². The normalized spacial score (nSPS) is 11.0. The van der Waals surface area contributed by atoms with Gasteiger partial charge in [0.15, 0.2) is 5.58 Å². The Bertz CT molecular complexity index is 841. The Hall–Kier alpha value is -2.62. The van der Waals surface area contributed by atoms with Crippen LogP contribution in [0.1, 0.15) is 37.3 Å². The molecule has 1 amide bonds. The maximum atomic E-state index is 11.9. The van der Waals surface area contributed by atoms with Gasteiger partial charge < -0.3 is 9.73 Å². The topological polar surface area (TPSA) is 55.1 Å². The molecule has 0 atom stereocenters. The minimum atomic E-state index is 0.0396. The molecule has 3 aromatic rings. The number of carbonyl (C=O) groups is 1. The van der Waals surface area contributed by atoms with Gasteiger partial charge in [0, 0.05) is 17.7 Å². The fraction of sp³-hybridized carbons (Fsp3) is 0.300. The first-order chi connectivity index (χ1) is 11.6. The van der Waals surface area contributed by atoms with E-state index < -0.39 is 0 Å². The van der Waals surface area contributed by atoms with E-state index in [4.69, 9.17) is 4.42 Å². The average molecular weight is 322 g/mol. The molecule has 1 aromatic heterocycles. The van der Waals surface area contributed by atoms with Crippen molar-refractivity contribution < 1.29 is 9.21 Å². The van der Waals surface area contributed by atoms with Gasteiger partial charge >= 0.3 is 0 Å². The molecule has 0 aliphatic rings. The second kappa shape index (κ2) is 6.87. The molecular weight excluding hydrogens is 300 g/mol. The minimum Gasteiger partial charge on any atom is -0.436 e. The molecule has 124 valence electrons. The molecule has 0 radical (unpaired) electrons. The summed E-state index contributed by atoms with van der Waals surface area (Å²) < 4.78 is 5.89. The molecule has 0 aliphatic heterocycles. The van der Waals surface area contributed by atoms with E-state index in [9.17, 15) is 4.79 Å². The zero-order valence-electron chi connectivity index (χ0n) is 14.3. The molecule has 2 aromatic carbocycles. The summed E-state index contributed by atoms with van der Waals surface area (Å²) in [6, 6.07) is 11.7. The number of oxazole rings is 1. The van der Waals surface area contributed by atoms with Gasteiger partial charge in [0.05, 0.1) is 0 Å². The third-order valence-electron chi connectivity index (χ3n) is 4.15. The first kappa shape index (κ1) is 16.2. The predicted octanol–water partition coefficient (Wildman–Crippen LogP) is 5.24. The summed E-state index contributed by atoms with van der Waals surface area (Å²) in [6.07, 6.45) is 2.45. The number of aryl methyl sites for hydroxylation is 2. The lowest BCUT2D eigenvalue weighted by Gasteiger charge is -2.05. The van der Waals surface area contributed by atoms with E-state index in [1.807, 2.05) is 36.4 Å². The predicted molar refractivity (Wildman–Crippen MR) is 97.1 cm³/mol. The van der Waals surface area contributed by atoms with Crippen LogP contribution in [0, 0.1) is 13.8 Å². The highest BCUT2D eigenvalue weighted by Crippen LogP contribution is 2.27. The smallest absolute Gasteiger partial charge is 0.227 e. The Labute approximate surface area is 141 Å². The molecule has 0 spiro atoms. The molecule has 3 rings (SSSR count). The van der Waals surface area contributed by atoms with E-state index in [1.165, 1.54) is 11.1 Å². The highest BCUT2D eigenvalue weighted by molar-refractivity contribution is 5.91. The number of amides is 1. The first-order valence-electron chi connectivity index (χ1n) is 8.35. The lowest BCUT2D eigenvalue weighted by atomic mass is 10.1. The minimum absolute atomic E-state index is 0.0396. The van der Waals surface area contributed by atoms with Crippen molar-refractivity contribution in [2.24, 2.45) is 0 Å². The Kier molecular flexibility index (Phi) is 4.65. The van der Waals surface area contributed by atoms with Crippen LogP contribution in [-0.2, 0) is 4.79 Å². The summed E-state index contributed by atoms with van der Waals surface area (Å²) >= 11 is 0. The second-order valence-electron chi connectivity index (χ2n) is 6.16. The zero-order chi connectivity index (χ0) is 17.1. The monoisotopic (exact) mass is 322 g/mol. The van der Waals surface area contributed by atoms with Crippen molar-refractivity contribution in [3.05, 3.63) is 47.5 Å². The van der Waals surface area contributed by atoms with E-state index in [1.54, 1.807) is 0 Å². The van der Waals surface area contributed by atoms with Gasteiger partial charge in [-0.15, -0.1) is 0 Å². The van der Waals surface area contributed by atoms with Crippen molar-refractivity contribution in [3.8, 4) is 11.5 Å². The molecule has 0 aliphatic carbocycles. The number of benzene rings is 2. The molecular formula is C20H22N2O2. The Morgan fingerprint density at radius 2 is 1.96 bits per heavy atom. The summed E-state index contributed by atoms with van der Waals surface area (Å²) in [4.78, 5) is 16.5. The highest BCUT2D eigenvalue weighted by atomic mass is 16.3. The zero-order valence-corrected chi connectivity index (χ0v) is 14.3. The largest absolute Gasteiger partial charge is 0.436 e. The van der Waals surface area contributed by atoms with Crippen LogP contribution < -0.4 is 5.32 Å². The van der Waals surface area contributed by atoms with Crippen LogP contribution in [-0.4, -0.2) is 10.9 Å². The van der Waals surface area contributed by atoms with Gasteiger partial charge in [0.1, 0.15) is 5.52 Å². The van der Waals surface area contributed by atoms with Gasteiger partial charge in [0.25, 0.3) is 0 Å². The fourth-order valence-corrected chi connectivity index (χ4v) is 2.59. The van der Waals surface area contributed by atoms with Crippen molar-refractivity contribution in [2.45, 2.75) is 40.0 Å². The molecule has 4 nitrogen and oxygen atoms in total. The fourth-order valence-electron chi connectivity index (χ4n) is 2.59. The number of rotatable bonds is 5. The summed E-state index contributed by atoms with van der Waals surface area (Å²) in [5.74, 6) is 0.609. The molecule has 0 saturated carbocycles. The Balaban J connectivity index is 1.87. The Morgan fingerprint density at radius 3 is 2.75 bits per heavy atom. The number of carbonyl (C=O) groups excluding carboxylic acids is 1. The number of hydrogen-bond acceptors (Lipinski definition) is 3. The van der Waals surface area contributed by atoms with Gasteiger partial charge in [-0.05, 0) is 61.7 Å². The third-order valence-corrected chi connectivity index (χ3v) is 4.15. The summed E-state index contributed by atoms with van der Waals surface area (Å²) in [5.41, 5.74) is 5.63.